The van der Waals surface area contributed by atoms with Crippen LogP contribution in [-0.4, -0.2) is 42.1 Å². The predicted molar refractivity (Wildman–Crippen MR) is 101 cm³/mol. The van der Waals surface area contributed by atoms with Crippen LogP contribution in [0, 0.1) is 13.8 Å². The number of aryl methyl sites for hydroxylation is 2. The van der Waals surface area contributed by atoms with Crippen LogP contribution < -0.4 is 9.47 Å². The summed E-state index contributed by atoms with van der Waals surface area (Å²) < 4.78 is 10.9. The Morgan fingerprint density at radius 2 is 1.67 bits per heavy atom. The van der Waals surface area contributed by atoms with Gasteiger partial charge in [-0.2, -0.15) is 0 Å². The SMILES string of the molecule is COc1ccccc1C1=C(O)C(=O)N(CCOc2cc(C)cc(C)c2)C1=O. The van der Waals surface area contributed by atoms with Crippen molar-refractivity contribution in [3.63, 3.8) is 0 Å². The van der Waals surface area contributed by atoms with Gasteiger partial charge in [0.15, 0.2) is 5.76 Å². The Labute approximate surface area is 157 Å². The minimum absolute atomic E-state index is 0.0351. The summed E-state index contributed by atoms with van der Waals surface area (Å²) in [5, 5.41) is 10.2. The maximum atomic E-state index is 12.7. The summed E-state index contributed by atoms with van der Waals surface area (Å²) in [5.41, 5.74) is 2.46. The first-order valence-corrected chi connectivity index (χ1v) is 8.56. The topological polar surface area (TPSA) is 76.1 Å². The molecule has 2 aromatic carbocycles. The second kappa shape index (κ2) is 7.53. The summed E-state index contributed by atoms with van der Waals surface area (Å²) in [6.45, 7) is 4.10. The van der Waals surface area contributed by atoms with Crippen LogP contribution in [0.1, 0.15) is 16.7 Å². The van der Waals surface area contributed by atoms with Gasteiger partial charge in [-0.1, -0.05) is 24.3 Å². The number of hydrogen-bond acceptors (Lipinski definition) is 5. The van der Waals surface area contributed by atoms with Crippen LogP contribution in [-0.2, 0) is 9.59 Å². The number of aliphatic hydroxyl groups excluding tert-OH is 1. The summed E-state index contributed by atoms with van der Waals surface area (Å²) >= 11 is 0. The van der Waals surface area contributed by atoms with E-state index >= 15 is 0 Å². The van der Waals surface area contributed by atoms with Gasteiger partial charge in [0.25, 0.3) is 11.8 Å². The third-order valence-corrected chi connectivity index (χ3v) is 4.30. The van der Waals surface area contributed by atoms with E-state index in [-0.39, 0.29) is 18.7 Å². The summed E-state index contributed by atoms with van der Waals surface area (Å²) in [4.78, 5) is 26.1. The van der Waals surface area contributed by atoms with Gasteiger partial charge in [0.1, 0.15) is 18.1 Å². The zero-order chi connectivity index (χ0) is 19.6. The van der Waals surface area contributed by atoms with E-state index in [4.69, 9.17) is 9.47 Å². The summed E-state index contributed by atoms with van der Waals surface area (Å²) in [6.07, 6.45) is 0. The number of methoxy groups -OCH3 is 1. The molecule has 0 spiro atoms. The smallest absolute Gasteiger partial charge is 0.296 e. The molecule has 0 saturated carbocycles. The van der Waals surface area contributed by atoms with Gasteiger partial charge in [-0.15, -0.1) is 0 Å². The maximum Gasteiger partial charge on any atom is 0.296 e. The van der Waals surface area contributed by atoms with Crippen LogP contribution in [0.3, 0.4) is 0 Å². The van der Waals surface area contributed by atoms with Crippen molar-refractivity contribution < 1.29 is 24.2 Å². The van der Waals surface area contributed by atoms with E-state index < -0.39 is 17.6 Å². The van der Waals surface area contributed by atoms with Gasteiger partial charge in [-0.05, 0) is 43.2 Å². The molecular formula is C21H21NO5. The first-order chi connectivity index (χ1) is 12.9. The molecule has 1 aliphatic rings. The second-order valence-electron chi connectivity index (χ2n) is 6.36. The van der Waals surface area contributed by atoms with Crippen LogP contribution in [0.2, 0.25) is 0 Å². The highest BCUT2D eigenvalue weighted by Gasteiger charge is 2.40. The molecule has 0 radical (unpaired) electrons. The number of amides is 2. The van der Waals surface area contributed by atoms with Crippen molar-refractivity contribution in [2.75, 3.05) is 20.3 Å². The predicted octanol–water partition coefficient (Wildman–Crippen LogP) is 3.03. The van der Waals surface area contributed by atoms with Crippen LogP contribution in [0.4, 0.5) is 0 Å². The van der Waals surface area contributed by atoms with Crippen molar-refractivity contribution in [3.8, 4) is 11.5 Å². The molecule has 2 amide bonds. The van der Waals surface area contributed by atoms with E-state index in [1.807, 2.05) is 32.0 Å². The van der Waals surface area contributed by atoms with Crippen molar-refractivity contribution in [2.45, 2.75) is 13.8 Å². The third kappa shape index (κ3) is 3.65. The number of benzene rings is 2. The van der Waals surface area contributed by atoms with Crippen LogP contribution >= 0.6 is 0 Å². The largest absolute Gasteiger partial charge is 0.502 e. The highest BCUT2D eigenvalue weighted by Crippen LogP contribution is 2.33. The molecule has 0 aromatic heterocycles. The van der Waals surface area contributed by atoms with Crippen LogP contribution in [0.25, 0.3) is 5.57 Å². The average molecular weight is 367 g/mol. The van der Waals surface area contributed by atoms with E-state index in [2.05, 4.69) is 0 Å². The van der Waals surface area contributed by atoms with E-state index in [0.717, 1.165) is 16.0 Å². The summed E-state index contributed by atoms with van der Waals surface area (Å²) in [6, 6.07) is 12.6. The summed E-state index contributed by atoms with van der Waals surface area (Å²) in [5.74, 6) is -0.783. The molecule has 1 aliphatic heterocycles. The first kappa shape index (κ1) is 18.5. The molecule has 0 aliphatic carbocycles. The number of carbonyl (C=O) groups excluding carboxylic acids is 2. The highest BCUT2D eigenvalue weighted by molar-refractivity contribution is 6.35. The fraction of sp³-hybridized carbons (Fsp3) is 0.238. The van der Waals surface area contributed by atoms with Crippen molar-refractivity contribution in [1.82, 2.24) is 4.90 Å². The lowest BCUT2D eigenvalue weighted by atomic mass is 10.0. The molecular weight excluding hydrogens is 346 g/mol. The van der Waals surface area contributed by atoms with Gasteiger partial charge in [0.2, 0.25) is 0 Å². The molecule has 0 atom stereocenters. The molecule has 2 aromatic rings. The Bertz CT molecular complexity index is 912. The molecule has 1 heterocycles. The summed E-state index contributed by atoms with van der Waals surface area (Å²) in [7, 11) is 1.47. The average Bonchev–Trinajstić information content (AvgIpc) is 2.84. The number of aliphatic hydroxyl groups is 1. The second-order valence-corrected chi connectivity index (χ2v) is 6.36. The van der Waals surface area contributed by atoms with Crippen molar-refractivity contribution in [2.24, 2.45) is 0 Å². The highest BCUT2D eigenvalue weighted by atomic mass is 16.5. The number of imide groups is 1. The number of nitrogens with zero attached hydrogens (tertiary/aromatic N) is 1. The standard InChI is InChI=1S/C21H21NO5/c1-13-10-14(2)12-15(11-13)27-9-8-22-20(24)18(19(23)21(22)25)16-6-4-5-7-17(16)26-3/h4-7,10-12,23H,8-9H2,1-3H3. The van der Waals surface area contributed by atoms with Gasteiger partial charge in [-0.25, -0.2) is 0 Å². The molecule has 3 rings (SSSR count). The van der Waals surface area contributed by atoms with E-state index in [1.165, 1.54) is 7.11 Å². The number of rotatable bonds is 6. The lowest BCUT2D eigenvalue weighted by Crippen LogP contribution is -2.35. The molecule has 0 bridgehead atoms. The molecule has 1 N–H and O–H groups in total. The lowest BCUT2D eigenvalue weighted by Gasteiger charge is -2.16. The fourth-order valence-corrected chi connectivity index (χ4v) is 3.13. The molecule has 140 valence electrons. The van der Waals surface area contributed by atoms with E-state index in [0.29, 0.717) is 17.1 Å². The number of hydrogen-bond donors (Lipinski definition) is 1. The Morgan fingerprint density at radius 3 is 2.33 bits per heavy atom. The molecule has 6 nitrogen and oxygen atoms in total. The molecule has 0 fully saturated rings. The number of ether oxygens (including phenoxy) is 2. The molecule has 0 saturated heterocycles. The van der Waals surface area contributed by atoms with Crippen molar-refractivity contribution >= 4 is 17.4 Å². The third-order valence-electron chi connectivity index (χ3n) is 4.30. The monoisotopic (exact) mass is 367 g/mol. The van der Waals surface area contributed by atoms with Gasteiger partial charge in [0.05, 0.1) is 19.2 Å². The molecule has 27 heavy (non-hydrogen) atoms. The Balaban J connectivity index is 1.74. The van der Waals surface area contributed by atoms with Gasteiger partial charge >= 0.3 is 0 Å². The maximum absolute atomic E-state index is 12.7. The fourth-order valence-electron chi connectivity index (χ4n) is 3.13. The first-order valence-electron chi connectivity index (χ1n) is 8.56. The Morgan fingerprint density at radius 1 is 1.00 bits per heavy atom. The van der Waals surface area contributed by atoms with E-state index in [9.17, 15) is 14.7 Å². The molecule has 6 heteroatoms. The lowest BCUT2D eigenvalue weighted by molar-refractivity contribution is -0.138. The molecule has 0 unspecified atom stereocenters. The van der Waals surface area contributed by atoms with Crippen molar-refractivity contribution in [1.29, 1.82) is 0 Å². The zero-order valence-electron chi connectivity index (χ0n) is 15.5. The van der Waals surface area contributed by atoms with Crippen LogP contribution in [0.15, 0.2) is 48.2 Å². The minimum atomic E-state index is -0.732. The van der Waals surface area contributed by atoms with Crippen molar-refractivity contribution in [3.05, 3.63) is 64.9 Å². The normalized spacial score (nSPS) is 14.1. The van der Waals surface area contributed by atoms with Crippen LogP contribution in [0.5, 0.6) is 11.5 Å². The van der Waals surface area contributed by atoms with E-state index in [1.54, 1.807) is 24.3 Å². The van der Waals surface area contributed by atoms with Gasteiger partial charge in [0, 0.05) is 5.56 Å². The Kier molecular flexibility index (Phi) is 5.16. The Hall–Kier alpha value is -3.28. The quantitative estimate of drug-likeness (QED) is 0.794. The van der Waals surface area contributed by atoms with Gasteiger partial charge in [-0.3, -0.25) is 14.5 Å². The number of para-hydroxylation sites is 1. The number of carbonyl (C=O) groups is 2. The minimum Gasteiger partial charge on any atom is -0.502 e. The zero-order valence-corrected chi connectivity index (χ0v) is 15.5. The van der Waals surface area contributed by atoms with Gasteiger partial charge < -0.3 is 14.6 Å².